The largest absolute Gasteiger partial charge is 0.398 e. The van der Waals surface area contributed by atoms with Crippen LogP contribution in [0.15, 0.2) is 71.9 Å². The van der Waals surface area contributed by atoms with Crippen molar-refractivity contribution in [1.29, 1.82) is 10.8 Å². The highest BCUT2D eigenvalue weighted by molar-refractivity contribution is 6.14. The number of carbonyl (C=O) groups is 2. The van der Waals surface area contributed by atoms with E-state index < -0.39 is 0 Å². The number of nitrogen functional groups attached to an aromatic ring is 1. The Bertz CT molecular complexity index is 1680. The summed E-state index contributed by atoms with van der Waals surface area (Å²) in [5.41, 5.74) is 12.9. The van der Waals surface area contributed by atoms with Crippen molar-refractivity contribution in [1.82, 2.24) is 20.1 Å². The number of aromatic nitrogens is 1. The molecule has 1 saturated heterocycles. The molecule has 5 rings (SSSR count). The molecule has 1 atom stereocenters. The maximum Gasteiger partial charge on any atom is 0.237 e. The minimum atomic E-state index is 0.142. The van der Waals surface area contributed by atoms with Gasteiger partial charge < -0.3 is 20.9 Å². The summed E-state index contributed by atoms with van der Waals surface area (Å²) in [7, 11) is 1.75. The third-order valence-electron chi connectivity index (χ3n) is 8.87. The Hall–Kier alpha value is -5.16. The lowest BCUT2D eigenvalue weighted by Crippen LogP contribution is -2.41. The fourth-order valence-electron chi connectivity index (χ4n) is 6.15. The first-order valence-corrected chi connectivity index (χ1v) is 16.0. The molecule has 2 amide bonds. The van der Waals surface area contributed by atoms with Crippen LogP contribution in [0.3, 0.4) is 0 Å². The number of nitrogens with one attached hydrogen (secondary N) is 3. The number of benzene rings is 2. The maximum absolute atomic E-state index is 13.2. The van der Waals surface area contributed by atoms with E-state index in [0.717, 1.165) is 61.1 Å². The van der Waals surface area contributed by atoms with Gasteiger partial charge in [0.15, 0.2) is 5.84 Å². The van der Waals surface area contributed by atoms with Crippen LogP contribution in [0, 0.1) is 23.7 Å². The van der Waals surface area contributed by atoms with Crippen molar-refractivity contribution in [3.05, 3.63) is 94.8 Å². The van der Waals surface area contributed by atoms with E-state index in [1.54, 1.807) is 30.3 Å². The predicted molar refractivity (Wildman–Crippen MR) is 188 cm³/mol. The van der Waals surface area contributed by atoms with Crippen LogP contribution in [0.5, 0.6) is 0 Å². The molecule has 5 N–H and O–H groups in total. The van der Waals surface area contributed by atoms with Gasteiger partial charge in [-0.1, -0.05) is 30.3 Å². The van der Waals surface area contributed by atoms with Crippen molar-refractivity contribution in [3.63, 3.8) is 0 Å². The molecule has 0 unspecified atom stereocenters. The first kappa shape index (κ1) is 33.2. The van der Waals surface area contributed by atoms with E-state index in [9.17, 15) is 9.59 Å². The van der Waals surface area contributed by atoms with Gasteiger partial charge in [-0.2, -0.15) is 0 Å². The van der Waals surface area contributed by atoms with Crippen LogP contribution >= 0.6 is 0 Å². The Morgan fingerprint density at radius 3 is 2.64 bits per heavy atom. The van der Waals surface area contributed by atoms with Gasteiger partial charge in [0.05, 0.1) is 18.6 Å². The van der Waals surface area contributed by atoms with E-state index in [-0.39, 0.29) is 11.7 Å². The van der Waals surface area contributed by atoms with Crippen molar-refractivity contribution in [2.75, 3.05) is 56.9 Å². The molecule has 2 aromatic carbocycles. The summed E-state index contributed by atoms with van der Waals surface area (Å²) in [4.78, 5) is 39.4. The van der Waals surface area contributed by atoms with E-state index in [0.29, 0.717) is 54.7 Å². The van der Waals surface area contributed by atoms with Crippen molar-refractivity contribution in [3.8, 4) is 0 Å². The molecule has 2 aliphatic rings. The molecule has 11 heteroatoms. The van der Waals surface area contributed by atoms with Gasteiger partial charge in [0.1, 0.15) is 0 Å². The highest BCUT2D eigenvalue weighted by atomic mass is 16.2. The Balaban J connectivity index is 1.10. The van der Waals surface area contributed by atoms with Gasteiger partial charge in [-0.3, -0.25) is 30.3 Å². The van der Waals surface area contributed by atoms with Gasteiger partial charge in [-0.25, -0.2) is 4.99 Å². The lowest BCUT2D eigenvalue weighted by Gasteiger charge is -2.28. The van der Waals surface area contributed by atoms with Crippen LogP contribution in [-0.2, 0) is 9.59 Å². The van der Waals surface area contributed by atoms with Crippen molar-refractivity contribution >= 4 is 47.2 Å². The summed E-state index contributed by atoms with van der Waals surface area (Å²) >= 11 is 0. The number of hydrogen-bond acceptors (Lipinski definition) is 7. The normalized spacial score (nSPS) is 16.6. The first-order valence-electron chi connectivity index (χ1n) is 16.0. The van der Waals surface area contributed by atoms with Crippen LogP contribution in [-0.4, -0.2) is 91.3 Å². The molecule has 0 aliphatic carbocycles. The maximum atomic E-state index is 13.2. The monoisotopic (exact) mass is 633 g/mol. The standard InChI is InChI=1S/C36H43N9O2/c1-25-19-30(9-14-41-25)35(38)32-20-31(7-8-33(32)37)45(24-46)16-11-26-10-15-43(21-26)22-34(47)44-17-12-28(13-18-44)27-3-5-29(6-4-27)36(39)42-23-40-2/h3-9,12,14,19-20,23-24,26,38H,10-11,13,15-18,21-22,37H2,1-2H3,(H2,39,40,42)/t26-/m0/s1. The molecule has 11 nitrogen and oxygen atoms in total. The van der Waals surface area contributed by atoms with E-state index in [4.69, 9.17) is 16.6 Å². The topological polar surface area (TPSA) is 155 Å². The van der Waals surface area contributed by atoms with E-state index in [1.165, 1.54) is 11.9 Å². The number of nitrogens with two attached hydrogens (primary N) is 1. The molecular weight excluding hydrogens is 590 g/mol. The number of pyridine rings is 1. The Kier molecular flexibility index (Phi) is 10.9. The molecular formula is C36H43N9O2. The van der Waals surface area contributed by atoms with Gasteiger partial charge in [0.25, 0.3) is 0 Å². The van der Waals surface area contributed by atoms with Crippen LogP contribution in [0.2, 0.25) is 0 Å². The van der Waals surface area contributed by atoms with Crippen molar-refractivity contribution < 1.29 is 9.59 Å². The highest BCUT2D eigenvalue weighted by Crippen LogP contribution is 2.27. The number of hydrogen-bond donors (Lipinski definition) is 4. The molecule has 1 fully saturated rings. The van der Waals surface area contributed by atoms with Gasteiger partial charge >= 0.3 is 0 Å². The second kappa shape index (κ2) is 15.4. The number of nitrogens with zero attached hydrogens (tertiary/aromatic N) is 5. The Morgan fingerprint density at radius 2 is 1.94 bits per heavy atom. The Labute approximate surface area is 276 Å². The zero-order chi connectivity index (χ0) is 33.3. The van der Waals surface area contributed by atoms with Gasteiger partial charge in [0, 0.05) is 73.2 Å². The van der Waals surface area contributed by atoms with Crippen LogP contribution < -0.4 is 16.0 Å². The summed E-state index contributed by atoms with van der Waals surface area (Å²) in [6.07, 6.45) is 8.73. The predicted octanol–water partition coefficient (Wildman–Crippen LogP) is 3.95. The van der Waals surface area contributed by atoms with E-state index in [2.05, 4.69) is 26.3 Å². The molecule has 0 saturated carbocycles. The molecule has 0 radical (unpaired) electrons. The third-order valence-corrected chi connectivity index (χ3v) is 8.87. The number of aliphatic imine (C=N–C) groups is 1. The lowest BCUT2D eigenvalue weighted by atomic mass is 9.98. The molecule has 3 heterocycles. The van der Waals surface area contributed by atoms with Crippen LogP contribution in [0.1, 0.15) is 47.2 Å². The van der Waals surface area contributed by atoms with Crippen molar-refractivity contribution in [2.24, 2.45) is 10.9 Å². The fraction of sp³-hybridized carbons (Fsp3) is 0.333. The van der Waals surface area contributed by atoms with Crippen molar-refractivity contribution in [2.45, 2.75) is 26.2 Å². The number of amidine groups is 1. The summed E-state index contributed by atoms with van der Waals surface area (Å²) in [6.45, 7) is 5.79. The van der Waals surface area contributed by atoms with E-state index in [1.807, 2.05) is 54.3 Å². The second-order valence-electron chi connectivity index (χ2n) is 12.1. The zero-order valence-corrected chi connectivity index (χ0v) is 27.1. The summed E-state index contributed by atoms with van der Waals surface area (Å²) in [5, 5.41) is 19.6. The average molecular weight is 634 g/mol. The molecule has 0 bridgehead atoms. The van der Waals surface area contributed by atoms with Crippen LogP contribution in [0.4, 0.5) is 11.4 Å². The molecule has 244 valence electrons. The molecule has 3 aromatic rings. The molecule has 0 spiro atoms. The first-order chi connectivity index (χ1) is 22.7. The SMILES string of the molecule is CN/C=N\C(=N)c1ccc(C2=CCN(C(=O)CN3CC[C@@H](CCN(C=O)c4ccc(N)c(C(=N)c5ccnc(C)c5)c4)C3)CC2)cc1. The number of anilines is 2. The second-order valence-corrected chi connectivity index (χ2v) is 12.1. The molecule has 1 aromatic heterocycles. The fourth-order valence-corrected chi connectivity index (χ4v) is 6.15. The van der Waals surface area contributed by atoms with Gasteiger partial charge in [-0.05, 0) is 80.1 Å². The van der Waals surface area contributed by atoms with Gasteiger partial charge in [0.2, 0.25) is 12.3 Å². The lowest BCUT2D eigenvalue weighted by molar-refractivity contribution is -0.131. The average Bonchev–Trinajstić information content (AvgIpc) is 3.54. The number of likely N-dealkylation sites (tertiary alicyclic amines) is 1. The smallest absolute Gasteiger partial charge is 0.237 e. The highest BCUT2D eigenvalue weighted by Gasteiger charge is 2.27. The zero-order valence-electron chi connectivity index (χ0n) is 27.1. The number of rotatable bonds is 12. The summed E-state index contributed by atoms with van der Waals surface area (Å²) in [6, 6.07) is 16.8. The molecule has 47 heavy (non-hydrogen) atoms. The third kappa shape index (κ3) is 8.36. The Morgan fingerprint density at radius 1 is 1.13 bits per heavy atom. The minimum absolute atomic E-state index is 0.142. The number of amides is 2. The quantitative estimate of drug-likeness (QED) is 0.103. The number of carbonyl (C=O) groups excluding carboxylic acids is 2. The molecule has 2 aliphatic heterocycles. The summed E-state index contributed by atoms with van der Waals surface area (Å²) < 4.78 is 0. The number of aryl methyl sites for hydroxylation is 1. The summed E-state index contributed by atoms with van der Waals surface area (Å²) in [5.74, 6) is 0.733. The van der Waals surface area contributed by atoms with Crippen LogP contribution in [0.25, 0.3) is 5.57 Å². The van der Waals surface area contributed by atoms with E-state index >= 15 is 0 Å². The minimum Gasteiger partial charge on any atom is -0.398 e. The van der Waals surface area contributed by atoms with Gasteiger partial charge in [-0.15, -0.1) is 0 Å².